The molecule has 0 saturated carbocycles. The summed E-state index contributed by atoms with van der Waals surface area (Å²) in [6, 6.07) is 17.5. The predicted octanol–water partition coefficient (Wildman–Crippen LogP) is 4.69. The molecule has 0 atom stereocenters. The molecule has 3 rings (SSSR count). The third kappa shape index (κ3) is 3.79. The Hall–Kier alpha value is -3.14. The van der Waals surface area contributed by atoms with Crippen molar-refractivity contribution in [3.05, 3.63) is 83.7 Å². The summed E-state index contributed by atoms with van der Waals surface area (Å²) in [6.07, 6.45) is 3.26. The number of aromatic nitrogens is 1. The highest BCUT2D eigenvalue weighted by Crippen LogP contribution is 2.19. The number of nitrogens with zero attached hydrogens (tertiary/aromatic N) is 1. The maximum absolute atomic E-state index is 12.4. The molecule has 4 nitrogen and oxygen atoms in total. The third-order valence-electron chi connectivity index (χ3n) is 3.73. The van der Waals surface area contributed by atoms with E-state index in [1.807, 2.05) is 62.4 Å². The van der Waals surface area contributed by atoms with Crippen LogP contribution in [-0.2, 0) is 0 Å². The first kappa shape index (κ1) is 15.7. The molecule has 0 aliphatic heterocycles. The Morgan fingerprint density at radius 1 is 0.917 bits per heavy atom. The van der Waals surface area contributed by atoms with Crippen LogP contribution in [0.4, 0.5) is 17.1 Å². The second-order valence-corrected chi connectivity index (χ2v) is 5.72. The molecular formula is C20H19N3O. The normalized spacial score (nSPS) is 10.2. The number of aryl methyl sites for hydroxylation is 2. The molecule has 1 amide bonds. The fraction of sp³-hybridized carbons (Fsp3) is 0.100. The lowest BCUT2D eigenvalue weighted by Crippen LogP contribution is -2.13. The van der Waals surface area contributed by atoms with Gasteiger partial charge in [-0.15, -0.1) is 0 Å². The van der Waals surface area contributed by atoms with E-state index in [-0.39, 0.29) is 5.91 Å². The highest BCUT2D eigenvalue weighted by Gasteiger charge is 2.09. The van der Waals surface area contributed by atoms with Crippen molar-refractivity contribution in [3.8, 4) is 0 Å². The SMILES string of the molecule is Cc1ccc(Nc2cncc(C(=O)Nc3ccccc3C)c2)cc1. The molecule has 3 aromatic rings. The molecule has 1 aromatic heterocycles. The average molecular weight is 317 g/mol. The fourth-order valence-corrected chi connectivity index (χ4v) is 2.34. The van der Waals surface area contributed by atoms with Crippen molar-refractivity contribution in [2.75, 3.05) is 10.6 Å². The van der Waals surface area contributed by atoms with Crippen LogP contribution in [0.15, 0.2) is 67.0 Å². The van der Waals surface area contributed by atoms with Gasteiger partial charge in [-0.05, 0) is 43.7 Å². The minimum Gasteiger partial charge on any atom is -0.354 e. The highest BCUT2D eigenvalue weighted by molar-refractivity contribution is 6.05. The van der Waals surface area contributed by atoms with Gasteiger partial charge in [-0.25, -0.2) is 0 Å². The molecule has 2 aromatic carbocycles. The van der Waals surface area contributed by atoms with E-state index >= 15 is 0 Å². The zero-order valence-corrected chi connectivity index (χ0v) is 13.7. The number of para-hydroxylation sites is 1. The number of carbonyl (C=O) groups excluding carboxylic acids is 1. The van der Waals surface area contributed by atoms with Gasteiger partial charge in [0.15, 0.2) is 0 Å². The largest absolute Gasteiger partial charge is 0.354 e. The number of hydrogen-bond donors (Lipinski definition) is 2. The van der Waals surface area contributed by atoms with Gasteiger partial charge in [-0.1, -0.05) is 35.9 Å². The van der Waals surface area contributed by atoms with Gasteiger partial charge in [0.2, 0.25) is 0 Å². The van der Waals surface area contributed by atoms with Crippen LogP contribution in [0.2, 0.25) is 0 Å². The Balaban J connectivity index is 1.76. The topological polar surface area (TPSA) is 54.0 Å². The standard InChI is InChI=1S/C20H19N3O/c1-14-7-9-17(10-8-14)22-18-11-16(12-21-13-18)20(24)23-19-6-4-3-5-15(19)2/h3-13,22H,1-2H3,(H,23,24). The van der Waals surface area contributed by atoms with Gasteiger partial charge in [0.1, 0.15) is 0 Å². The quantitative estimate of drug-likeness (QED) is 0.733. The van der Waals surface area contributed by atoms with Gasteiger partial charge in [0.05, 0.1) is 17.4 Å². The molecule has 0 bridgehead atoms. The van der Waals surface area contributed by atoms with Gasteiger partial charge in [0, 0.05) is 17.6 Å². The Kier molecular flexibility index (Phi) is 4.57. The molecule has 24 heavy (non-hydrogen) atoms. The van der Waals surface area contributed by atoms with Crippen molar-refractivity contribution >= 4 is 23.0 Å². The van der Waals surface area contributed by atoms with Crippen LogP contribution in [0.3, 0.4) is 0 Å². The van der Waals surface area contributed by atoms with E-state index in [0.29, 0.717) is 5.56 Å². The van der Waals surface area contributed by atoms with Crippen molar-refractivity contribution in [2.45, 2.75) is 13.8 Å². The number of benzene rings is 2. The van der Waals surface area contributed by atoms with Crippen LogP contribution in [0.5, 0.6) is 0 Å². The molecule has 1 heterocycles. The van der Waals surface area contributed by atoms with Crippen molar-refractivity contribution in [2.24, 2.45) is 0 Å². The summed E-state index contributed by atoms with van der Waals surface area (Å²) in [5, 5.41) is 6.18. The monoisotopic (exact) mass is 317 g/mol. The van der Waals surface area contributed by atoms with Crippen LogP contribution >= 0.6 is 0 Å². The van der Waals surface area contributed by atoms with E-state index in [1.165, 1.54) is 5.56 Å². The highest BCUT2D eigenvalue weighted by atomic mass is 16.1. The summed E-state index contributed by atoms with van der Waals surface area (Å²) >= 11 is 0. The van der Waals surface area contributed by atoms with Crippen LogP contribution in [0.1, 0.15) is 21.5 Å². The van der Waals surface area contributed by atoms with Gasteiger partial charge in [-0.3, -0.25) is 9.78 Å². The summed E-state index contributed by atoms with van der Waals surface area (Å²) in [4.78, 5) is 16.6. The van der Waals surface area contributed by atoms with Crippen LogP contribution < -0.4 is 10.6 Å². The first-order valence-electron chi connectivity index (χ1n) is 7.77. The molecule has 4 heteroatoms. The van der Waals surface area contributed by atoms with E-state index in [4.69, 9.17) is 0 Å². The number of pyridine rings is 1. The van der Waals surface area contributed by atoms with Crippen LogP contribution in [0, 0.1) is 13.8 Å². The maximum Gasteiger partial charge on any atom is 0.257 e. The minimum absolute atomic E-state index is 0.177. The van der Waals surface area contributed by atoms with Crippen LogP contribution in [0.25, 0.3) is 0 Å². The first-order valence-corrected chi connectivity index (χ1v) is 7.77. The molecule has 120 valence electrons. The third-order valence-corrected chi connectivity index (χ3v) is 3.73. The zero-order valence-electron chi connectivity index (χ0n) is 13.7. The first-order chi connectivity index (χ1) is 11.6. The molecule has 0 unspecified atom stereocenters. The Bertz CT molecular complexity index is 857. The number of nitrogens with one attached hydrogen (secondary N) is 2. The number of carbonyl (C=O) groups is 1. The lowest BCUT2D eigenvalue weighted by atomic mass is 10.2. The Morgan fingerprint density at radius 3 is 2.42 bits per heavy atom. The minimum atomic E-state index is -0.177. The van der Waals surface area contributed by atoms with Crippen molar-refractivity contribution < 1.29 is 4.79 Å². The molecule has 0 spiro atoms. The Morgan fingerprint density at radius 2 is 1.67 bits per heavy atom. The average Bonchev–Trinajstić information content (AvgIpc) is 2.59. The predicted molar refractivity (Wildman–Crippen MR) is 97.8 cm³/mol. The van der Waals surface area contributed by atoms with Gasteiger partial charge in [0.25, 0.3) is 5.91 Å². The molecule has 2 N–H and O–H groups in total. The summed E-state index contributed by atoms with van der Waals surface area (Å²) < 4.78 is 0. The van der Waals surface area contributed by atoms with Crippen molar-refractivity contribution in [3.63, 3.8) is 0 Å². The molecule has 0 fully saturated rings. The van der Waals surface area contributed by atoms with E-state index < -0.39 is 0 Å². The Labute approximate surface area is 141 Å². The second kappa shape index (κ2) is 6.96. The fourth-order valence-electron chi connectivity index (χ4n) is 2.34. The molecule has 0 aliphatic carbocycles. The number of anilines is 3. The van der Waals surface area contributed by atoms with Gasteiger partial charge in [-0.2, -0.15) is 0 Å². The molecule has 0 saturated heterocycles. The van der Waals surface area contributed by atoms with E-state index in [0.717, 1.165) is 22.6 Å². The van der Waals surface area contributed by atoms with E-state index in [2.05, 4.69) is 15.6 Å². The smallest absolute Gasteiger partial charge is 0.257 e. The number of rotatable bonds is 4. The summed E-state index contributed by atoms with van der Waals surface area (Å²) in [5.74, 6) is -0.177. The van der Waals surface area contributed by atoms with Crippen molar-refractivity contribution in [1.82, 2.24) is 4.98 Å². The molecule has 0 aliphatic rings. The maximum atomic E-state index is 12.4. The van der Waals surface area contributed by atoms with Gasteiger partial charge >= 0.3 is 0 Å². The van der Waals surface area contributed by atoms with Gasteiger partial charge < -0.3 is 10.6 Å². The summed E-state index contributed by atoms with van der Waals surface area (Å²) in [5.41, 5.74) is 5.27. The van der Waals surface area contributed by atoms with E-state index in [1.54, 1.807) is 18.5 Å². The number of hydrogen-bond acceptors (Lipinski definition) is 3. The molecule has 0 radical (unpaired) electrons. The van der Waals surface area contributed by atoms with Crippen LogP contribution in [-0.4, -0.2) is 10.9 Å². The zero-order chi connectivity index (χ0) is 16.9. The van der Waals surface area contributed by atoms with Crippen molar-refractivity contribution in [1.29, 1.82) is 0 Å². The van der Waals surface area contributed by atoms with E-state index in [9.17, 15) is 4.79 Å². The second-order valence-electron chi connectivity index (χ2n) is 5.72. The number of amides is 1. The molecular weight excluding hydrogens is 298 g/mol. The summed E-state index contributed by atoms with van der Waals surface area (Å²) in [7, 11) is 0. The lowest BCUT2D eigenvalue weighted by molar-refractivity contribution is 0.102. The summed E-state index contributed by atoms with van der Waals surface area (Å²) in [6.45, 7) is 4.01. The lowest BCUT2D eigenvalue weighted by Gasteiger charge is -2.10.